The van der Waals surface area contributed by atoms with Crippen LogP contribution in [0.3, 0.4) is 0 Å². The summed E-state index contributed by atoms with van der Waals surface area (Å²) >= 11 is 0. The predicted molar refractivity (Wildman–Crippen MR) is 102 cm³/mol. The molecule has 0 spiro atoms. The molecule has 0 unspecified atom stereocenters. The molecule has 3 rings (SSSR count). The summed E-state index contributed by atoms with van der Waals surface area (Å²) in [4.78, 5) is 28.1. The Morgan fingerprint density at radius 2 is 1.81 bits per heavy atom. The van der Waals surface area contributed by atoms with Gasteiger partial charge in [-0.2, -0.15) is 0 Å². The number of hydrogen-bond donors (Lipinski definition) is 1. The molecule has 1 aromatic heterocycles. The first kappa shape index (κ1) is 18.3. The van der Waals surface area contributed by atoms with Crippen LogP contribution in [0.5, 0.6) is 0 Å². The number of nitrogens with one attached hydrogen (secondary N) is 1. The molecule has 136 valence electrons. The number of hydrogen-bond acceptors (Lipinski definition) is 3. The lowest BCUT2D eigenvalue weighted by Crippen LogP contribution is -2.14. The number of aryl methyl sites for hydroxylation is 1. The largest absolute Gasteiger partial charge is 0.331 e. The minimum Gasteiger partial charge on any atom is -0.331 e. The average molecular weight is 363 g/mol. The van der Waals surface area contributed by atoms with Crippen molar-refractivity contribution < 1.29 is 14.0 Å². The van der Waals surface area contributed by atoms with E-state index in [-0.39, 0.29) is 23.9 Å². The molecule has 0 fully saturated rings. The van der Waals surface area contributed by atoms with Crippen molar-refractivity contribution in [2.75, 3.05) is 5.32 Å². The van der Waals surface area contributed by atoms with E-state index in [1.54, 1.807) is 30.1 Å². The number of imidazole rings is 1. The minimum atomic E-state index is -0.349. The van der Waals surface area contributed by atoms with E-state index in [4.69, 9.17) is 0 Å². The molecule has 0 aliphatic heterocycles. The molecule has 1 N–H and O–H groups in total. The second-order valence-corrected chi connectivity index (χ2v) is 6.03. The Labute approximate surface area is 156 Å². The zero-order valence-electron chi connectivity index (χ0n) is 14.7. The van der Waals surface area contributed by atoms with Crippen molar-refractivity contribution in [3.63, 3.8) is 0 Å². The van der Waals surface area contributed by atoms with Crippen LogP contribution in [0, 0.1) is 5.82 Å². The number of allylic oxidation sites excluding steroid dienone is 1. The summed E-state index contributed by atoms with van der Waals surface area (Å²) in [6, 6.07) is 12.9. The van der Waals surface area contributed by atoms with Gasteiger partial charge >= 0.3 is 0 Å². The summed E-state index contributed by atoms with van der Waals surface area (Å²) in [5, 5.41) is 2.72. The number of nitrogens with zero attached hydrogens (tertiary/aromatic N) is 2. The lowest BCUT2D eigenvalue weighted by Gasteiger charge is -2.05. The van der Waals surface area contributed by atoms with Gasteiger partial charge < -0.3 is 9.88 Å². The van der Waals surface area contributed by atoms with Crippen LogP contribution in [0.4, 0.5) is 10.1 Å². The normalized spacial score (nSPS) is 10.9. The maximum atomic E-state index is 12.9. The third kappa shape index (κ3) is 4.98. The summed E-state index contributed by atoms with van der Waals surface area (Å²) in [7, 11) is 1.76. The van der Waals surface area contributed by atoms with Crippen LogP contribution >= 0.6 is 0 Å². The Balaban J connectivity index is 1.57. The fourth-order valence-electron chi connectivity index (χ4n) is 2.52. The van der Waals surface area contributed by atoms with Crippen molar-refractivity contribution in [1.82, 2.24) is 9.55 Å². The fraction of sp³-hybridized carbons (Fsp3) is 0.0952. The van der Waals surface area contributed by atoms with Crippen LogP contribution in [0.2, 0.25) is 0 Å². The maximum Gasteiger partial charge on any atom is 0.228 e. The Hall–Kier alpha value is -3.54. The van der Waals surface area contributed by atoms with Crippen molar-refractivity contribution in [2.24, 2.45) is 7.05 Å². The minimum absolute atomic E-state index is 0.176. The van der Waals surface area contributed by atoms with Crippen LogP contribution in [-0.2, 0) is 18.3 Å². The van der Waals surface area contributed by atoms with E-state index < -0.39 is 0 Å². The highest BCUT2D eigenvalue weighted by Crippen LogP contribution is 2.11. The van der Waals surface area contributed by atoms with E-state index in [0.29, 0.717) is 11.5 Å². The summed E-state index contributed by atoms with van der Waals surface area (Å²) < 4.78 is 14.5. The number of benzene rings is 2. The van der Waals surface area contributed by atoms with Crippen LogP contribution in [0.25, 0.3) is 6.08 Å². The van der Waals surface area contributed by atoms with Gasteiger partial charge in [-0.05, 0) is 41.5 Å². The Morgan fingerprint density at radius 3 is 2.44 bits per heavy atom. The Kier molecular flexibility index (Phi) is 5.56. The fourth-order valence-corrected chi connectivity index (χ4v) is 2.52. The number of carbonyl (C=O) groups is 2. The number of rotatable bonds is 6. The van der Waals surface area contributed by atoms with Gasteiger partial charge in [-0.15, -0.1) is 0 Å². The second kappa shape index (κ2) is 8.23. The first-order chi connectivity index (χ1) is 13.0. The van der Waals surface area contributed by atoms with Gasteiger partial charge in [0, 0.05) is 25.1 Å². The van der Waals surface area contributed by atoms with E-state index >= 15 is 0 Å². The molecule has 2 aromatic carbocycles. The molecule has 6 heteroatoms. The van der Waals surface area contributed by atoms with Gasteiger partial charge in [0.25, 0.3) is 0 Å². The molecular formula is C21H18FN3O2. The van der Waals surface area contributed by atoms with Crippen LogP contribution in [0.1, 0.15) is 21.7 Å². The molecule has 0 bridgehead atoms. The predicted octanol–water partition coefficient (Wildman–Crippen LogP) is 3.64. The van der Waals surface area contributed by atoms with Crippen LogP contribution in [-0.4, -0.2) is 21.2 Å². The third-order valence-electron chi connectivity index (χ3n) is 3.94. The van der Waals surface area contributed by atoms with E-state index in [2.05, 4.69) is 10.3 Å². The van der Waals surface area contributed by atoms with E-state index in [9.17, 15) is 14.0 Å². The summed E-state index contributed by atoms with van der Waals surface area (Å²) in [5.74, 6) is -0.335. The van der Waals surface area contributed by atoms with Crippen molar-refractivity contribution >= 4 is 23.5 Å². The molecule has 0 atom stereocenters. The smallest absolute Gasteiger partial charge is 0.228 e. The molecule has 0 radical (unpaired) electrons. The molecule has 1 heterocycles. The maximum absolute atomic E-state index is 12.9. The zero-order chi connectivity index (χ0) is 19.2. The van der Waals surface area contributed by atoms with Crippen molar-refractivity contribution in [2.45, 2.75) is 6.42 Å². The molecule has 5 nitrogen and oxygen atoms in total. The lowest BCUT2D eigenvalue weighted by atomic mass is 10.1. The van der Waals surface area contributed by atoms with E-state index in [1.165, 1.54) is 30.3 Å². The number of amides is 1. The molecule has 27 heavy (non-hydrogen) atoms. The van der Waals surface area contributed by atoms with E-state index in [0.717, 1.165) is 11.1 Å². The number of anilines is 1. The van der Waals surface area contributed by atoms with Crippen LogP contribution in [0.15, 0.2) is 67.0 Å². The number of halogens is 1. The number of ketones is 1. The van der Waals surface area contributed by atoms with Crippen molar-refractivity contribution in [3.8, 4) is 0 Å². The average Bonchev–Trinajstić information content (AvgIpc) is 3.09. The zero-order valence-corrected chi connectivity index (χ0v) is 14.7. The van der Waals surface area contributed by atoms with Crippen LogP contribution < -0.4 is 5.32 Å². The first-order valence-corrected chi connectivity index (χ1v) is 8.35. The molecule has 3 aromatic rings. The summed E-state index contributed by atoms with van der Waals surface area (Å²) in [5.41, 5.74) is 2.23. The lowest BCUT2D eigenvalue weighted by molar-refractivity contribution is -0.115. The third-order valence-corrected chi connectivity index (χ3v) is 3.94. The number of aromatic nitrogens is 2. The summed E-state index contributed by atoms with van der Waals surface area (Å²) in [6.45, 7) is 0. The SMILES string of the molecule is Cn1ccnc1C(=O)/C=C/c1ccc(CC(=O)Nc2ccc(F)cc2)cc1. The molecule has 0 saturated carbocycles. The van der Waals surface area contributed by atoms with E-state index in [1.807, 2.05) is 24.3 Å². The molecular weight excluding hydrogens is 345 g/mol. The highest BCUT2D eigenvalue weighted by molar-refractivity contribution is 6.04. The standard InChI is InChI=1S/C21H18FN3O2/c1-25-13-12-23-21(25)19(26)11-6-15-2-4-16(5-3-15)14-20(27)24-18-9-7-17(22)8-10-18/h2-13H,14H2,1H3,(H,24,27)/b11-6+. The molecule has 0 aliphatic rings. The monoisotopic (exact) mass is 363 g/mol. The molecule has 0 saturated heterocycles. The van der Waals surface area contributed by atoms with Gasteiger partial charge in [0.05, 0.1) is 6.42 Å². The highest BCUT2D eigenvalue weighted by atomic mass is 19.1. The van der Waals surface area contributed by atoms with Crippen molar-refractivity contribution in [1.29, 1.82) is 0 Å². The first-order valence-electron chi connectivity index (χ1n) is 8.35. The van der Waals surface area contributed by atoms with Gasteiger partial charge in [-0.25, -0.2) is 9.37 Å². The van der Waals surface area contributed by atoms with Gasteiger partial charge in [0.2, 0.25) is 11.7 Å². The second-order valence-electron chi connectivity index (χ2n) is 6.03. The van der Waals surface area contributed by atoms with Gasteiger partial charge in [-0.3, -0.25) is 9.59 Å². The molecule has 1 amide bonds. The Morgan fingerprint density at radius 1 is 1.11 bits per heavy atom. The van der Waals surface area contributed by atoms with Gasteiger partial charge in [0.15, 0.2) is 5.82 Å². The van der Waals surface area contributed by atoms with Gasteiger partial charge in [0.1, 0.15) is 5.82 Å². The topological polar surface area (TPSA) is 64.0 Å². The molecule has 0 aliphatic carbocycles. The summed E-state index contributed by atoms with van der Waals surface area (Å²) in [6.07, 6.45) is 6.67. The van der Waals surface area contributed by atoms with Crippen molar-refractivity contribution in [3.05, 3.63) is 89.8 Å². The Bertz CT molecular complexity index is 973. The quantitative estimate of drug-likeness (QED) is 0.537. The van der Waals surface area contributed by atoms with Gasteiger partial charge in [-0.1, -0.05) is 30.3 Å². The highest BCUT2D eigenvalue weighted by Gasteiger charge is 2.07. The number of carbonyl (C=O) groups excluding carboxylic acids is 2.